The zero-order valence-corrected chi connectivity index (χ0v) is 13.9. The highest BCUT2D eigenvalue weighted by Crippen LogP contribution is 2.29. The van der Waals surface area contributed by atoms with Crippen LogP contribution in [0.5, 0.6) is 0 Å². The number of hydrogen-bond donors (Lipinski definition) is 1. The van der Waals surface area contributed by atoms with Gasteiger partial charge in [0.05, 0.1) is 0 Å². The Kier molecular flexibility index (Phi) is 4.92. The van der Waals surface area contributed by atoms with Crippen molar-refractivity contribution in [3.8, 4) is 0 Å². The third-order valence-corrected chi connectivity index (χ3v) is 4.48. The van der Waals surface area contributed by atoms with Crippen molar-refractivity contribution in [3.63, 3.8) is 0 Å². The van der Waals surface area contributed by atoms with Crippen molar-refractivity contribution < 1.29 is 4.42 Å². The molecule has 0 aromatic carbocycles. The Morgan fingerprint density at radius 1 is 1.35 bits per heavy atom. The molecule has 1 aliphatic heterocycles. The number of hydrogen-bond acceptors (Lipinski definition) is 3. The van der Waals surface area contributed by atoms with E-state index in [2.05, 4.69) is 50.9 Å². The molecule has 2 heterocycles. The van der Waals surface area contributed by atoms with Crippen molar-refractivity contribution in [2.45, 2.75) is 66.1 Å². The molecule has 114 valence electrons. The van der Waals surface area contributed by atoms with E-state index in [9.17, 15) is 0 Å². The highest BCUT2D eigenvalue weighted by Gasteiger charge is 2.30. The standard InChI is InChI=1S/C17H30N2O/c1-11(2)7-16-10-19(12(3)9-18-16)14(5)17-8-13(4)20-15(17)6/h8,11-12,14,16,18H,7,9-10H2,1-6H3. The van der Waals surface area contributed by atoms with E-state index in [-0.39, 0.29) is 0 Å². The second-order valence-corrected chi connectivity index (χ2v) is 6.83. The first-order valence-electron chi connectivity index (χ1n) is 7.94. The Morgan fingerprint density at radius 2 is 2.05 bits per heavy atom. The molecule has 3 nitrogen and oxygen atoms in total. The van der Waals surface area contributed by atoms with Crippen LogP contribution in [-0.4, -0.2) is 30.1 Å². The van der Waals surface area contributed by atoms with E-state index in [1.807, 2.05) is 6.92 Å². The van der Waals surface area contributed by atoms with Crippen molar-refractivity contribution in [1.82, 2.24) is 10.2 Å². The number of aryl methyl sites for hydroxylation is 2. The number of nitrogens with zero attached hydrogens (tertiary/aromatic N) is 1. The lowest BCUT2D eigenvalue weighted by Gasteiger charge is -2.42. The monoisotopic (exact) mass is 278 g/mol. The molecule has 1 aliphatic rings. The third-order valence-electron chi connectivity index (χ3n) is 4.48. The summed E-state index contributed by atoms with van der Waals surface area (Å²) in [6.07, 6.45) is 1.25. The van der Waals surface area contributed by atoms with Gasteiger partial charge in [-0.2, -0.15) is 0 Å². The van der Waals surface area contributed by atoms with Gasteiger partial charge in [0.25, 0.3) is 0 Å². The van der Waals surface area contributed by atoms with Gasteiger partial charge in [-0.25, -0.2) is 0 Å². The van der Waals surface area contributed by atoms with Gasteiger partial charge in [-0.05, 0) is 46.1 Å². The normalized spacial score (nSPS) is 26.1. The van der Waals surface area contributed by atoms with Gasteiger partial charge in [0.1, 0.15) is 11.5 Å². The lowest BCUT2D eigenvalue weighted by atomic mass is 9.97. The smallest absolute Gasteiger partial charge is 0.105 e. The predicted molar refractivity (Wildman–Crippen MR) is 84.0 cm³/mol. The zero-order chi connectivity index (χ0) is 14.9. The Morgan fingerprint density at radius 3 is 2.60 bits per heavy atom. The SMILES string of the molecule is Cc1cc(C(C)N2CC(CC(C)C)NCC2C)c(C)o1. The van der Waals surface area contributed by atoms with Crippen molar-refractivity contribution in [3.05, 3.63) is 23.2 Å². The fourth-order valence-electron chi connectivity index (χ4n) is 3.46. The average Bonchev–Trinajstić information content (AvgIpc) is 2.69. The second kappa shape index (κ2) is 6.31. The highest BCUT2D eigenvalue weighted by atomic mass is 16.3. The minimum atomic E-state index is 0.430. The Hall–Kier alpha value is -0.800. The summed E-state index contributed by atoms with van der Waals surface area (Å²) >= 11 is 0. The molecule has 0 bridgehead atoms. The van der Waals surface area contributed by atoms with Crippen LogP contribution >= 0.6 is 0 Å². The lowest BCUT2D eigenvalue weighted by Crippen LogP contribution is -2.56. The molecule has 0 saturated carbocycles. The van der Waals surface area contributed by atoms with Crippen LogP contribution in [0.3, 0.4) is 0 Å². The maximum Gasteiger partial charge on any atom is 0.105 e. The van der Waals surface area contributed by atoms with Crippen LogP contribution in [-0.2, 0) is 0 Å². The van der Waals surface area contributed by atoms with Gasteiger partial charge in [-0.3, -0.25) is 4.90 Å². The summed E-state index contributed by atoms with van der Waals surface area (Å²) in [5, 5.41) is 3.69. The minimum absolute atomic E-state index is 0.430. The van der Waals surface area contributed by atoms with Crippen molar-refractivity contribution in [2.75, 3.05) is 13.1 Å². The summed E-state index contributed by atoms with van der Waals surface area (Å²) < 4.78 is 5.71. The minimum Gasteiger partial charge on any atom is -0.466 e. The first-order valence-corrected chi connectivity index (χ1v) is 7.94. The van der Waals surface area contributed by atoms with E-state index in [4.69, 9.17) is 4.42 Å². The molecule has 20 heavy (non-hydrogen) atoms. The van der Waals surface area contributed by atoms with Crippen molar-refractivity contribution >= 4 is 0 Å². The van der Waals surface area contributed by atoms with Crippen LogP contribution in [0.1, 0.15) is 57.2 Å². The van der Waals surface area contributed by atoms with Gasteiger partial charge in [0.15, 0.2) is 0 Å². The largest absolute Gasteiger partial charge is 0.466 e. The Labute approximate surface area is 123 Å². The van der Waals surface area contributed by atoms with Gasteiger partial charge in [0, 0.05) is 36.8 Å². The summed E-state index contributed by atoms with van der Waals surface area (Å²) in [5.74, 6) is 2.84. The van der Waals surface area contributed by atoms with E-state index in [1.54, 1.807) is 0 Å². The van der Waals surface area contributed by atoms with Crippen LogP contribution < -0.4 is 5.32 Å². The summed E-state index contributed by atoms with van der Waals surface area (Å²) in [4.78, 5) is 2.63. The molecular weight excluding hydrogens is 248 g/mol. The van der Waals surface area contributed by atoms with Gasteiger partial charge >= 0.3 is 0 Å². The maximum absolute atomic E-state index is 5.71. The number of rotatable bonds is 4. The van der Waals surface area contributed by atoms with Gasteiger partial charge in [0.2, 0.25) is 0 Å². The first kappa shape index (κ1) is 15.6. The van der Waals surface area contributed by atoms with Gasteiger partial charge in [-0.1, -0.05) is 13.8 Å². The van der Waals surface area contributed by atoms with Gasteiger partial charge in [-0.15, -0.1) is 0 Å². The number of piperazine rings is 1. The summed E-state index contributed by atoms with van der Waals surface area (Å²) in [6.45, 7) is 15.6. The van der Waals surface area contributed by atoms with Crippen LogP contribution in [0.15, 0.2) is 10.5 Å². The fraction of sp³-hybridized carbons (Fsp3) is 0.765. The lowest BCUT2D eigenvalue weighted by molar-refractivity contribution is 0.0916. The molecule has 3 atom stereocenters. The molecule has 2 rings (SSSR count). The summed E-state index contributed by atoms with van der Waals surface area (Å²) in [6, 6.07) is 3.82. The average molecular weight is 278 g/mol. The van der Waals surface area contributed by atoms with E-state index in [1.165, 1.54) is 12.0 Å². The van der Waals surface area contributed by atoms with Crippen LogP contribution in [0.2, 0.25) is 0 Å². The molecule has 1 saturated heterocycles. The number of furan rings is 1. The topological polar surface area (TPSA) is 28.4 Å². The predicted octanol–water partition coefficient (Wildman–Crippen LogP) is 3.67. The highest BCUT2D eigenvalue weighted by molar-refractivity contribution is 5.24. The molecule has 0 amide bonds. The van der Waals surface area contributed by atoms with Crippen molar-refractivity contribution in [1.29, 1.82) is 0 Å². The molecule has 1 fully saturated rings. The third kappa shape index (κ3) is 3.44. The summed E-state index contributed by atoms with van der Waals surface area (Å²) in [7, 11) is 0. The number of nitrogens with one attached hydrogen (secondary N) is 1. The summed E-state index contributed by atoms with van der Waals surface area (Å²) in [5.41, 5.74) is 1.35. The second-order valence-electron chi connectivity index (χ2n) is 6.83. The Bertz CT molecular complexity index is 438. The molecule has 3 heteroatoms. The fourth-order valence-corrected chi connectivity index (χ4v) is 3.46. The molecule has 0 radical (unpaired) electrons. The Balaban J connectivity index is 2.10. The van der Waals surface area contributed by atoms with Crippen molar-refractivity contribution in [2.24, 2.45) is 5.92 Å². The van der Waals surface area contributed by atoms with Crippen LogP contribution in [0, 0.1) is 19.8 Å². The molecule has 1 aromatic heterocycles. The maximum atomic E-state index is 5.71. The van der Waals surface area contributed by atoms with Crippen LogP contribution in [0.25, 0.3) is 0 Å². The van der Waals surface area contributed by atoms with Gasteiger partial charge < -0.3 is 9.73 Å². The molecule has 3 unspecified atom stereocenters. The molecule has 0 spiro atoms. The van der Waals surface area contributed by atoms with E-state index in [0.717, 1.165) is 30.5 Å². The molecule has 1 N–H and O–H groups in total. The first-order chi connectivity index (χ1) is 9.38. The van der Waals surface area contributed by atoms with E-state index in [0.29, 0.717) is 18.1 Å². The van der Waals surface area contributed by atoms with E-state index < -0.39 is 0 Å². The van der Waals surface area contributed by atoms with Crippen LogP contribution in [0.4, 0.5) is 0 Å². The molecule has 1 aromatic rings. The molecule has 0 aliphatic carbocycles. The van der Waals surface area contributed by atoms with E-state index >= 15 is 0 Å². The quantitative estimate of drug-likeness (QED) is 0.911. The zero-order valence-electron chi connectivity index (χ0n) is 13.9. The molecular formula is C17H30N2O.